The van der Waals surface area contributed by atoms with Crippen molar-refractivity contribution in [3.63, 3.8) is 0 Å². The van der Waals surface area contributed by atoms with Gasteiger partial charge in [0.1, 0.15) is 0 Å². The molecule has 1 aromatic heterocycles. The van der Waals surface area contributed by atoms with E-state index in [-0.39, 0.29) is 17.6 Å². The van der Waals surface area contributed by atoms with Gasteiger partial charge in [-0.2, -0.15) is 0 Å². The predicted octanol–water partition coefficient (Wildman–Crippen LogP) is 12.0. The summed E-state index contributed by atoms with van der Waals surface area (Å²) < 4.78 is 2.50. The summed E-state index contributed by atoms with van der Waals surface area (Å²) in [5, 5.41) is 14.8. The van der Waals surface area contributed by atoms with Crippen molar-refractivity contribution in [3.05, 3.63) is 211 Å². The molecule has 0 bridgehead atoms. The van der Waals surface area contributed by atoms with Crippen LogP contribution >= 0.6 is 0 Å². The number of benzene rings is 5. The Bertz CT molecular complexity index is 2750. The van der Waals surface area contributed by atoms with Crippen molar-refractivity contribution < 1.29 is 0 Å². The monoisotopic (exact) mass is 725 g/mol. The zero-order valence-corrected chi connectivity index (χ0v) is 31.6. The van der Waals surface area contributed by atoms with E-state index in [9.17, 15) is 0 Å². The number of hydrogen-bond acceptors (Lipinski definition) is 4. The van der Waals surface area contributed by atoms with Gasteiger partial charge < -0.3 is 19.8 Å². The molecular formula is C51H43N5. The number of para-hydroxylation sites is 3. The molecule has 0 spiro atoms. The van der Waals surface area contributed by atoms with E-state index >= 15 is 0 Å². The van der Waals surface area contributed by atoms with Gasteiger partial charge in [0.15, 0.2) is 0 Å². The lowest BCUT2D eigenvalue weighted by Gasteiger charge is -2.40. The molecule has 2 N–H and O–H groups in total. The molecule has 2 aliphatic heterocycles. The Hall–Kier alpha value is -6.69. The average molecular weight is 726 g/mol. The number of aromatic nitrogens is 1. The first kappa shape index (κ1) is 33.8. The summed E-state index contributed by atoms with van der Waals surface area (Å²) in [6.45, 7) is 4.76. The summed E-state index contributed by atoms with van der Waals surface area (Å²) in [4.78, 5) is 4.75. The number of rotatable bonds is 7. The van der Waals surface area contributed by atoms with Crippen molar-refractivity contribution in [2.75, 3.05) is 9.80 Å². The fraction of sp³-hybridized carbons (Fsp3) is 0.118. The minimum Gasteiger partial charge on any atom is -0.325 e. The van der Waals surface area contributed by atoms with Crippen LogP contribution in [0.25, 0.3) is 27.5 Å². The Kier molecular flexibility index (Phi) is 8.19. The second-order valence-corrected chi connectivity index (χ2v) is 15.4. The maximum absolute atomic E-state index is 8.39. The highest BCUT2D eigenvalue weighted by molar-refractivity contribution is 6.14. The molecular weight excluding hydrogens is 683 g/mol. The molecule has 3 heterocycles. The first-order valence-corrected chi connectivity index (χ1v) is 19.5. The SMILES string of the molecule is CC1(C)c2ccccc2-n2c3ccc(N(/C=C/C=C4/C=CC=CC4=N)c4ccccc4)cc3c3cc(N(c4ccccc4)C4CC=C5C=CC=CC5N4)cc1c32. The third-order valence-electron chi connectivity index (χ3n) is 11.7. The summed E-state index contributed by atoms with van der Waals surface area (Å²) in [7, 11) is 0. The molecule has 2 atom stereocenters. The molecule has 5 heteroatoms. The fourth-order valence-corrected chi connectivity index (χ4v) is 8.97. The second kappa shape index (κ2) is 13.6. The van der Waals surface area contributed by atoms with Gasteiger partial charge in [0.2, 0.25) is 0 Å². The topological polar surface area (TPSA) is 47.3 Å². The summed E-state index contributed by atoms with van der Waals surface area (Å²) >= 11 is 0. The predicted molar refractivity (Wildman–Crippen MR) is 235 cm³/mol. The molecule has 0 saturated heterocycles. The third-order valence-corrected chi connectivity index (χ3v) is 11.7. The lowest BCUT2D eigenvalue weighted by molar-refractivity contribution is 0.483. The van der Waals surface area contributed by atoms with Gasteiger partial charge in [-0.25, -0.2) is 0 Å². The summed E-state index contributed by atoms with van der Waals surface area (Å²) in [5.74, 6) is 0. The quantitative estimate of drug-likeness (QED) is 0.172. The zero-order chi connectivity index (χ0) is 37.8. The smallest absolute Gasteiger partial charge is 0.0887 e. The Morgan fingerprint density at radius 1 is 0.714 bits per heavy atom. The van der Waals surface area contributed by atoms with Crippen LogP contribution in [0.4, 0.5) is 22.7 Å². The molecule has 0 amide bonds. The molecule has 2 aliphatic carbocycles. The molecule has 272 valence electrons. The molecule has 6 aromatic rings. The van der Waals surface area contributed by atoms with Crippen molar-refractivity contribution >= 4 is 50.3 Å². The lowest BCUT2D eigenvalue weighted by atomic mass is 9.74. The summed E-state index contributed by atoms with van der Waals surface area (Å²) in [6, 6.07) is 42.2. The Morgan fingerprint density at radius 3 is 2.27 bits per heavy atom. The first-order valence-electron chi connectivity index (χ1n) is 19.5. The van der Waals surface area contributed by atoms with Gasteiger partial charge in [-0.3, -0.25) is 5.32 Å². The van der Waals surface area contributed by atoms with Crippen LogP contribution in [0.2, 0.25) is 0 Å². The van der Waals surface area contributed by atoms with E-state index in [1.807, 2.05) is 36.5 Å². The van der Waals surface area contributed by atoms with Crippen LogP contribution in [0.3, 0.4) is 0 Å². The number of nitrogens with zero attached hydrogens (tertiary/aromatic N) is 3. The van der Waals surface area contributed by atoms with Crippen molar-refractivity contribution in [1.29, 1.82) is 5.41 Å². The highest BCUT2D eigenvalue weighted by Gasteiger charge is 2.37. The zero-order valence-electron chi connectivity index (χ0n) is 31.6. The van der Waals surface area contributed by atoms with Crippen molar-refractivity contribution in [3.8, 4) is 5.69 Å². The number of nitrogens with one attached hydrogen (secondary N) is 2. The van der Waals surface area contributed by atoms with Crippen molar-refractivity contribution in [2.24, 2.45) is 0 Å². The highest BCUT2D eigenvalue weighted by Crippen LogP contribution is 2.50. The van der Waals surface area contributed by atoms with Gasteiger partial charge in [0.05, 0.1) is 34.6 Å². The molecule has 5 aromatic carbocycles. The van der Waals surface area contributed by atoms with Gasteiger partial charge in [-0.1, -0.05) is 123 Å². The maximum atomic E-state index is 8.39. The Balaban J connectivity index is 1.20. The van der Waals surface area contributed by atoms with Crippen LogP contribution in [-0.2, 0) is 5.41 Å². The molecule has 0 saturated carbocycles. The average Bonchev–Trinajstić information content (AvgIpc) is 3.56. The number of anilines is 4. The molecule has 4 aliphatic rings. The minimum absolute atomic E-state index is 0.0543. The molecule has 10 rings (SSSR count). The van der Waals surface area contributed by atoms with E-state index in [2.05, 4.69) is 185 Å². The van der Waals surface area contributed by atoms with Crippen LogP contribution in [-0.4, -0.2) is 22.5 Å². The standard InChI is InChI=1S/C51H43N5/c1-51(2)43-23-11-14-26-48(43)56-47-29-28-39(54(37-19-5-3-6-20-37)31-15-18-35-16-9-12-24-45(35)52)32-41(47)42-33-40(34-44(51)50(42)56)55(38-21-7-4-8-22-38)49-30-27-36-17-10-13-25-46(36)53-49/h3-29,31-34,46,49,52-53H,30H2,1-2H3/b31-15+,35-18-,52-45?. The van der Waals surface area contributed by atoms with Crippen LogP contribution in [0.5, 0.6) is 0 Å². The van der Waals surface area contributed by atoms with Gasteiger partial charge >= 0.3 is 0 Å². The summed E-state index contributed by atoms with van der Waals surface area (Å²) in [6.07, 6.45) is 26.0. The Morgan fingerprint density at radius 2 is 1.45 bits per heavy atom. The van der Waals surface area contributed by atoms with E-state index < -0.39 is 0 Å². The van der Waals surface area contributed by atoms with Crippen molar-refractivity contribution in [2.45, 2.75) is 37.9 Å². The molecule has 0 fully saturated rings. The first-order chi connectivity index (χ1) is 27.5. The van der Waals surface area contributed by atoms with Crippen LogP contribution in [0.15, 0.2) is 199 Å². The third kappa shape index (κ3) is 5.62. The largest absolute Gasteiger partial charge is 0.325 e. The number of allylic oxidation sites excluding steroid dienone is 9. The van der Waals surface area contributed by atoms with E-state index in [0.717, 1.165) is 29.1 Å². The minimum atomic E-state index is -0.243. The second-order valence-electron chi connectivity index (χ2n) is 15.4. The lowest BCUT2D eigenvalue weighted by Crippen LogP contribution is -2.50. The van der Waals surface area contributed by atoms with Gasteiger partial charge in [-0.05, 0) is 95.1 Å². The number of hydrogen-bond donors (Lipinski definition) is 2. The van der Waals surface area contributed by atoms with Crippen LogP contribution in [0, 0.1) is 5.41 Å². The van der Waals surface area contributed by atoms with E-state index in [1.165, 1.54) is 49.9 Å². The van der Waals surface area contributed by atoms with E-state index in [0.29, 0.717) is 5.71 Å². The highest BCUT2D eigenvalue weighted by atomic mass is 15.3. The van der Waals surface area contributed by atoms with E-state index in [1.54, 1.807) is 0 Å². The molecule has 56 heavy (non-hydrogen) atoms. The fourth-order valence-electron chi connectivity index (χ4n) is 8.97. The van der Waals surface area contributed by atoms with Crippen LogP contribution < -0.4 is 15.1 Å². The molecule has 2 unspecified atom stereocenters. The van der Waals surface area contributed by atoms with Crippen LogP contribution in [0.1, 0.15) is 31.4 Å². The van der Waals surface area contributed by atoms with E-state index in [4.69, 9.17) is 5.41 Å². The normalized spacial score (nSPS) is 19.8. The molecule has 5 nitrogen and oxygen atoms in total. The molecule has 0 radical (unpaired) electrons. The summed E-state index contributed by atoms with van der Waals surface area (Å²) in [5.41, 5.74) is 13.3. The van der Waals surface area contributed by atoms with Gasteiger partial charge in [-0.15, -0.1) is 0 Å². The van der Waals surface area contributed by atoms with Gasteiger partial charge in [0, 0.05) is 51.6 Å². The Labute approximate surface area is 328 Å². The number of fused-ring (bicyclic) bond motifs is 6. The van der Waals surface area contributed by atoms with Gasteiger partial charge in [0.25, 0.3) is 0 Å². The maximum Gasteiger partial charge on any atom is 0.0887 e. The van der Waals surface area contributed by atoms with Crippen molar-refractivity contribution in [1.82, 2.24) is 9.88 Å².